The number of carboxylic acids is 1. The quantitative estimate of drug-likeness (QED) is 0.190. The highest BCUT2D eigenvalue weighted by Crippen LogP contribution is 2.67. The largest absolute Gasteiger partial charge is 0.481 e. The first kappa shape index (κ1) is 36.4. The molecule has 266 valence electrons. The molecule has 0 aromatic carbocycles. The number of ether oxygens (including phenoxy) is 1. The molecule has 2 amide bonds. The second-order valence-electron chi connectivity index (χ2n) is 16.7. The van der Waals surface area contributed by atoms with Gasteiger partial charge >= 0.3 is 5.97 Å². The van der Waals surface area contributed by atoms with Crippen LogP contribution in [0.3, 0.4) is 0 Å². The molecule has 4 fully saturated rings. The summed E-state index contributed by atoms with van der Waals surface area (Å²) in [5.74, 6) is 2.19. The maximum absolute atomic E-state index is 13.4. The van der Waals surface area contributed by atoms with Gasteiger partial charge < -0.3 is 30.4 Å². The number of nitrogens with zero attached hydrogens (tertiary/aromatic N) is 1. The molecular weight excluding hydrogens is 610 g/mol. The topological polar surface area (TPSA) is 147 Å². The van der Waals surface area contributed by atoms with E-state index in [1.54, 1.807) is 0 Å². The van der Waals surface area contributed by atoms with Gasteiger partial charge in [-0.1, -0.05) is 44.3 Å². The average Bonchev–Trinajstić information content (AvgIpc) is 3.29. The summed E-state index contributed by atoms with van der Waals surface area (Å²) < 4.78 is 5.80. The molecule has 9 atom stereocenters. The number of carbonyl (C=O) groups excluding carboxylic acids is 2. The van der Waals surface area contributed by atoms with E-state index in [-0.39, 0.29) is 35.7 Å². The molecule has 48 heavy (non-hydrogen) atoms. The van der Waals surface area contributed by atoms with Crippen LogP contribution in [0.25, 0.3) is 0 Å². The standard InChI is InChI=1S/C38H57N3O7/c1-8-38(46)17-13-29-27-10-9-25-19-26(11-15-36(25,6)28(27)12-16-37(29,38)7)41-48-22-31(42)40-33(23(2)3)34(45)39-30(20-32(43)44)24-14-18-47-35(4,5)21-24/h1,19,23-24,27-30,33,46H,9-18,20-22H2,2-7H3,(H,39,45)(H,40,42)(H,43,44)/b41-26+/t24-,27-,28-,29-,30+,33-,36+,37+,38-/m1/s1. The highest BCUT2D eigenvalue weighted by atomic mass is 16.6. The van der Waals surface area contributed by atoms with Gasteiger partial charge in [0.1, 0.15) is 11.6 Å². The molecule has 10 nitrogen and oxygen atoms in total. The lowest BCUT2D eigenvalue weighted by atomic mass is 9.46. The first-order valence-electron chi connectivity index (χ1n) is 18.1. The zero-order valence-electron chi connectivity index (χ0n) is 29.8. The first-order chi connectivity index (χ1) is 22.5. The number of rotatable bonds is 10. The van der Waals surface area contributed by atoms with Crippen LogP contribution < -0.4 is 10.6 Å². The van der Waals surface area contributed by atoms with E-state index in [1.807, 2.05) is 27.7 Å². The van der Waals surface area contributed by atoms with Crippen LogP contribution in [0.1, 0.15) is 112 Å². The summed E-state index contributed by atoms with van der Waals surface area (Å²) in [6.45, 7) is 12.4. The van der Waals surface area contributed by atoms with Crippen molar-refractivity contribution in [2.24, 2.45) is 45.6 Å². The fraction of sp³-hybridized carbons (Fsp3) is 0.789. The van der Waals surface area contributed by atoms with Crippen molar-refractivity contribution < 1.29 is 34.2 Å². The van der Waals surface area contributed by atoms with Crippen LogP contribution >= 0.6 is 0 Å². The fourth-order valence-corrected chi connectivity index (χ4v) is 10.2. The molecule has 3 saturated carbocycles. The smallest absolute Gasteiger partial charge is 0.305 e. The predicted octanol–water partition coefficient (Wildman–Crippen LogP) is 4.99. The number of fused-ring (bicyclic) bond motifs is 5. The number of oxime groups is 1. The summed E-state index contributed by atoms with van der Waals surface area (Å²) in [6, 6.07) is -1.42. The Morgan fingerprint density at radius 3 is 2.46 bits per heavy atom. The Kier molecular flexibility index (Phi) is 10.4. The minimum absolute atomic E-state index is 0.0486. The van der Waals surface area contributed by atoms with E-state index in [0.717, 1.165) is 50.7 Å². The maximum Gasteiger partial charge on any atom is 0.305 e. The van der Waals surface area contributed by atoms with Crippen molar-refractivity contribution in [3.05, 3.63) is 11.6 Å². The number of aliphatic carboxylic acids is 1. The number of hydrogen-bond donors (Lipinski definition) is 4. The minimum atomic E-state index is -1.00. The number of terminal acetylenes is 1. The molecule has 1 aliphatic heterocycles. The third-order valence-electron chi connectivity index (χ3n) is 13.0. The van der Waals surface area contributed by atoms with Crippen LogP contribution in [-0.2, 0) is 24.0 Å². The Hall–Kier alpha value is -2.90. The Bertz CT molecular complexity index is 1370. The summed E-state index contributed by atoms with van der Waals surface area (Å²) in [4.78, 5) is 43.5. The van der Waals surface area contributed by atoms with Crippen LogP contribution in [0, 0.1) is 52.8 Å². The lowest BCUT2D eigenvalue weighted by molar-refractivity contribution is -0.140. The normalized spacial score (nSPS) is 37.6. The van der Waals surface area contributed by atoms with Crippen molar-refractivity contribution in [2.45, 2.75) is 135 Å². The molecule has 0 spiro atoms. The Labute approximate surface area is 286 Å². The number of nitrogens with one attached hydrogen (secondary N) is 2. The third kappa shape index (κ3) is 7.05. The average molecular weight is 668 g/mol. The van der Waals surface area contributed by atoms with Crippen LogP contribution in [0.2, 0.25) is 0 Å². The maximum atomic E-state index is 13.4. The van der Waals surface area contributed by atoms with E-state index in [9.17, 15) is 24.6 Å². The molecule has 1 heterocycles. The van der Waals surface area contributed by atoms with Crippen LogP contribution in [0.4, 0.5) is 0 Å². The second-order valence-corrected chi connectivity index (χ2v) is 16.7. The molecule has 4 N–H and O–H groups in total. The van der Waals surface area contributed by atoms with Gasteiger partial charge in [-0.3, -0.25) is 14.4 Å². The van der Waals surface area contributed by atoms with E-state index in [0.29, 0.717) is 43.6 Å². The van der Waals surface area contributed by atoms with Crippen molar-refractivity contribution in [1.29, 1.82) is 0 Å². The molecule has 0 bridgehead atoms. The molecule has 5 aliphatic rings. The van der Waals surface area contributed by atoms with Crippen LogP contribution in [0.15, 0.2) is 16.8 Å². The zero-order valence-corrected chi connectivity index (χ0v) is 29.8. The lowest BCUT2D eigenvalue weighted by Crippen LogP contribution is -2.55. The van der Waals surface area contributed by atoms with Gasteiger partial charge in [-0.05, 0) is 119 Å². The van der Waals surface area contributed by atoms with Gasteiger partial charge in [-0.25, -0.2) is 0 Å². The molecule has 5 rings (SSSR count). The fourth-order valence-electron chi connectivity index (χ4n) is 10.2. The van der Waals surface area contributed by atoms with E-state index < -0.39 is 41.1 Å². The number of carboxylic acid groups (broad SMARTS) is 1. The van der Waals surface area contributed by atoms with Crippen LogP contribution in [-0.4, -0.2) is 70.2 Å². The summed E-state index contributed by atoms with van der Waals surface area (Å²) >= 11 is 0. The lowest BCUT2D eigenvalue weighted by Gasteiger charge is -2.58. The Balaban J connectivity index is 1.17. The number of allylic oxidation sites excluding steroid dienone is 2. The second kappa shape index (κ2) is 13.8. The van der Waals surface area contributed by atoms with Crippen molar-refractivity contribution in [3.8, 4) is 12.3 Å². The minimum Gasteiger partial charge on any atom is -0.481 e. The monoisotopic (exact) mass is 667 g/mol. The summed E-state index contributed by atoms with van der Waals surface area (Å²) in [7, 11) is 0. The van der Waals surface area contributed by atoms with E-state index in [2.05, 4.69) is 41.6 Å². The summed E-state index contributed by atoms with van der Waals surface area (Å²) in [5.41, 5.74) is 0.689. The van der Waals surface area contributed by atoms with Gasteiger partial charge in [0, 0.05) is 18.1 Å². The van der Waals surface area contributed by atoms with E-state index in [4.69, 9.17) is 16.0 Å². The van der Waals surface area contributed by atoms with Crippen molar-refractivity contribution in [3.63, 3.8) is 0 Å². The summed E-state index contributed by atoms with van der Waals surface area (Å²) in [5, 5.41) is 30.9. The van der Waals surface area contributed by atoms with Gasteiger partial charge in [0.25, 0.3) is 5.91 Å². The van der Waals surface area contributed by atoms with Gasteiger partial charge in [0.2, 0.25) is 5.91 Å². The molecule has 10 heteroatoms. The highest BCUT2D eigenvalue weighted by molar-refractivity contribution is 5.96. The van der Waals surface area contributed by atoms with Gasteiger partial charge in [-0.2, -0.15) is 0 Å². The van der Waals surface area contributed by atoms with Gasteiger partial charge in [-0.15, -0.1) is 6.42 Å². The van der Waals surface area contributed by atoms with Crippen molar-refractivity contribution in [2.75, 3.05) is 13.2 Å². The molecule has 0 unspecified atom stereocenters. The van der Waals surface area contributed by atoms with Gasteiger partial charge in [0.05, 0.1) is 17.7 Å². The molecule has 4 aliphatic carbocycles. The Morgan fingerprint density at radius 2 is 1.79 bits per heavy atom. The molecular formula is C38H57N3O7. The predicted molar refractivity (Wildman–Crippen MR) is 183 cm³/mol. The van der Waals surface area contributed by atoms with Gasteiger partial charge in [0.15, 0.2) is 6.61 Å². The molecule has 0 radical (unpaired) electrons. The van der Waals surface area contributed by atoms with Crippen molar-refractivity contribution >= 4 is 23.5 Å². The third-order valence-corrected chi connectivity index (χ3v) is 13.0. The van der Waals surface area contributed by atoms with E-state index >= 15 is 0 Å². The van der Waals surface area contributed by atoms with E-state index in [1.165, 1.54) is 5.57 Å². The SMILES string of the molecule is C#C[C@@]1(O)CC[C@@H]2[C@@H]3CCC4=C/C(=N/OCC(=O)N[C@@H](C(=O)N[C@@H](CC(=O)O)[C@@H]5CCOC(C)(C)C5)C(C)C)CC[C@]4(C)[C@@H]3CC[C@@]21C. The molecule has 0 aromatic heterocycles. The zero-order chi connectivity index (χ0) is 35.1. The number of hydrogen-bond acceptors (Lipinski definition) is 7. The summed E-state index contributed by atoms with van der Waals surface area (Å²) in [6.07, 6.45) is 16.6. The first-order valence-corrected chi connectivity index (χ1v) is 18.1. The number of aliphatic hydroxyl groups is 1. The van der Waals surface area contributed by atoms with Crippen molar-refractivity contribution in [1.82, 2.24) is 10.6 Å². The molecule has 1 saturated heterocycles. The van der Waals surface area contributed by atoms with Crippen LogP contribution in [0.5, 0.6) is 0 Å². The number of amides is 2. The highest BCUT2D eigenvalue weighted by Gasteiger charge is 2.63. The molecule has 0 aromatic rings. The Morgan fingerprint density at radius 1 is 1.06 bits per heavy atom. The number of carbonyl (C=O) groups is 3.